The first-order chi connectivity index (χ1) is 20.4. The summed E-state index contributed by atoms with van der Waals surface area (Å²) >= 11 is 2.03. The summed E-state index contributed by atoms with van der Waals surface area (Å²) < 4.78 is 25.8. The van der Waals surface area contributed by atoms with Crippen LogP contribution in [-0.4, -0.2) is 63.0 Å². The van der Waals surface area contributed by atoms with Crippen LogP contribution in [0.15, 0.2) is 88.9 Å². The molecule has 0 bridgehead atoms. The third-order valence-electron chi connectivity index (χ3n) is 10.6. The number of anilines is 1. The number of hydrogen-bond donors (Lipinski definition) is 0. The molecule has 0 N–H and O–H groups in total. The maximum atomic E-state index is 12.9. The van der Waals surface area contributed by atoms with Gasteiger partial charge >= 0.3 is 0 Å². The summed E-state index contributed by atoms with van der Waals surface area (Å²) in [7, 11) is -3.51. The number of thioether (sulfide) groups is 1. The molecule has 7 heteroatoms. The quantitative estimate of drug-likeness (QED) is 0.254. The number of sulfone groups is 1. The molecule has 3 heterocycles. The Morgan fingerprint density at radius 3 is 2.21 bits per heavy atom. The van der Waals surface area contributed by atoms with Crippen LogP contribution < -0.4 is 4.90 Å². The van der Waals surface area contributed by atoms with Crippen LogP contribution in [-0.2, 0) is 15.3 Å². The molecule has 1 saturated carbocycles. The molecular formula is C35H45N3O2S2. The Labute approximate surface area is 257 Å². The molecule has 2 aromatic carbocycles. The van der Waals surface area contributed by atoms with E-state index >= 15 is 0 Å². The molecule has 2 aliphatic heterocycles. The average molecular weight is 604 g/mol. The van der Waals surface area contributed by atoms with E-state index in [-0.39, 0.29) is 10.3 Å². The molecular weight excluding hydrogens is 559 g/mol. The highest BCUT2D eigenvalue weighted by Gasteiger charge is 2.48. The maximum Gasteiger partial charge on any atom is 0.206 e. The number of hydrogen-bond acceptors (Lipinski definition) is 6. The van der Waals surface area contributed by atoms with E-state index in [1.165, 1.54) is 63.3 Å². The molecule has 3 fully saturated rings. The lowest BCUT2D eigenvalue weighted by Gasteiger charge is -2.50. The van der Waals surface area contributed by atoms with Crippen molar-refractivity contribution in [2.45, 2.75) is 54.2 Å². The molecule has 3 aliphatic rings. The smallest absolute Gasteiger partial charge is 0.206 e. The number of pyridine rings is 1. The van der Waals surface area contributed by atoms with E-state index in [2.05, 4.69) is 58.3 Å². The number of rotatable bonds is 10. The van der Waals surface area contributed by atoms with Crippen LogP contribution in [0.3, 0.4) is 0 Å². The Morgan fingerprint density at radius 2 is 1.55 bits per heavy atom. The van der Waals surface area contributed by atoms with Crippen molar-refractivity contribution in [1.29, 1.82) is 0 Å². The molecule has 3 aromatic rings. The number of likely N-dealkylation sites (tertiary alicyclic amines) is 1. The van der Waals surface area contributed by atoms with Crippen LogP contribution in [0.1, 0.15) is 44.6 Å². The highest BCUT2D eigenvalue weighted by atomic mass is 32.2. The second-order valence-corrected chi connectivity index (χ2v) is 15.8. The van der Waals surface area contributed by atoms with Crippen LogP contribution in [0.25, 0.3) is 0 Å². The molecule has 2 saturated heterocycles. The van der Waals surface area contributed by atoms with Crippen molar-refractivity contribution in [3.05, 3.63) is 84.7 Å². The highest BCUT2D eigenvalue weighted by molar-refractivity contribution is 7.98. The van der Waals surface area contributed by atoms with Gasteiger partial charge in [0, 0.05) is 43.6 Å². The van der Waals surface area contributed by atoms with Crippen LogP contribution >= 0.6 is 11.8 Å². The van der Waals surface area contributed by atoms with E-state index in [9.17, 15) is 8.42 Å². The van der Waals surface area contributed by atoms with Crippen molar-refractivity contribution in [2.75, 3.05) is 49.6 Å². The fraction of sp³-hybridized carbons (Fsp3) is 0.514. The number of benzene rings is 2. The molecule has 5 nitrogen and oxygen atoms in total. The summed E-state index contributed by atoms with van der Waals surface area (Å²) in [4.78, 5) is 9.63. The van der Waals surface area contributed by atoms with Gasteiger partial charge in [0.1, 0.15) is 0 Å². The predicted octanol–water partition coefficient (Wildman–Crippen LogP) is 6.80. The van der Waals surface area contributed by atoms with Gasteiger partial charge in [-0.1, -0.05) is 43.7 Å². The SMILES string of the molecule is CSC[C@@H]1CCC[C@H]1C(C)(c1ccccc1)C1CCN(CC2CN(c3ccc(S(=O)(=O)c4ccncc4)cc3)C2)CC1. The van der Waals surface area contributed by atoms with Crippen molar-refractivity contribution in [2.24, 2.45) is 23.7 Å². The Balaban J connectivity index is 1.04. The van der Waals surface area contributed by atoms with Gasteiger partial charge in [-0.15, -0.1) is 0 Å². The monoisotopic (exact) mass is 603 g/mol. The van der Waals surface area contributed by atoms with Gasteiger partial charge in [0.25, 0.3) is 0 Å². The van der Waals surface area contributed by atoms with E-state index in [1.807, 2.05) is 23.9 Å². The van der Waals surface area contributed by atoms with Gasteiger partial charge in [-0.3, -0.25) is 4.98 Å². The molecule has 0 spiro atoms. The summed E-state index contributed by atoms with van der Waals surface area (Å²) in [5, 5.41) is 0. The molecule has 0 radical (unpaired) electrons. The number of piperidine rings is 1. The lowest BCUT2D eigenvalue weighted by Crippen LogP contribution is -2.53. The topological polar surface area (TPSA) is 53.5 Å². The fourth-order valence-corrected chi connectivity index (χ4v) is 10.3. The van der Waals surface area contributed by atoms with Gasteiger partial charge in [0.15, 0.2) is 0 Å². The van der Waals surface area contributed by atoms with E-state index in [0.717, 1.165) is 43.1 Å². The zero-order valence-corrected chi connectivity index (χ0v) is 26.7. The van der Waals surface area contributed by atoms with E-state index < -0.39 is 9.84 Å². The molecule has 1 aromatic heterocycles. The molecule has 1 aliphatic carbocycles. The second kappa shape index (κ2) is 12.7. The molecule has 3 atom stereocenters. The lowest BCUT2D eigenvalue weighted by molar-refractivity contribution is 0.0750. The minimum atomic E-state index is -3.51. The molecule has 42 heavy (non-hydrogen) atoms. The van der Waals surface area contributed by atoms with E-state index in [0.29, 0.717) is 10.8 Å². The van der Waals surface area contributed by atoms with Crippen LogP contribution in [0, 0.1) is 23.7 Å². The molecule has 6 rings (SSSR count). The Morgan fingerprint density at radius 1 is 0.881 bits per heavy atom. The van der Waals surface area contributed by atoms with Crippen molar-refractivity contribution in [3.63, 3.8) is 0 Å². The normalized spacial score (nSPS) is 23.9. The third kappa shape index (κ3) is 5.89. The van der Waals surface area contributed by atoms with Crippen molar-refractivity contribution >= 4 is 27.3 Å². The zero-order chi connectivity index (χ0) is 29.2. The van der Waals surface area contributed by atoms with E-state index in [4.69, 9.17) is 0 Å². The molecule has 1 unspecified atom stereocenters. The van der Waals surface area contributed by atoms with Crippen molar-refractivity contribution in [3.8, 4) is 0 Å². The summed E-state index contributed by atoms with van der Waals surface area (Å²) in [6, 6.07) is 21.9. The van der Waals surface area contributed by atoms with Gasteiger partial charge in [-0.05, 0) is 116 Å². The van der Waals surface area contributed by atoms with Gasteiger partial charge < -0.3 is 9.80 Å². The summed E-state index contributed by atoms with van der Waals surface area (Å²) in [6.07, 6.45) is 12.1. The summed E-state index contributed by atoms with van der Waals surface area (Å²) in [6.45, 7) is 8.25. The largest absolute Gasteiger partial charge is 0.371 e. The van der Waals surface area contributed by atoms with Crippen molar-refractivity contribution in [1.82, 2.24) is 9.88 Å². The first-order valence-electron chi connectivity index (χ1n) is 15.7. The lowest BCUT2D eigenvalue weighted by atomic mass is 9.59. The van der Waals surface area contributed by atoms with Gasteiger partial charge in [-0.25, -0.2) is 8.42 Å². The summed E-state index contributed by atoms with van der Waals surface area (Å²) in [5.41, 5.74) is 2.93. The minimum Gasteiger partial charge on any atom is -0.371 e. The first-order valence-corrected chi connectivity index (χ1v) is 18.5. The highest BCUT2D eigenvalue weighted by Crippen LogP contribution is 2.52. The fourth-order valence-electron chi connectivity index (χ4n) is 8.26. The van der Waals surface area contributed by atoms with Crippen LogP contribution in [0.5, 0.6) is 0 Å². The minimum absolute atomic E-state index is 0.258. The molecule has 0 amide bonds. The Hall–Kier alpha value is -2.35. The Kier molecular flexibility index (Phi) is 8.99. The third-order valence-corrected chi connectivity index (χ3v) is 13.1. The van der Waals surface area contributed by atoms with Gasteiger partial charge in [-0.2, -0.15) is 11.8 Å². The number of aromatic nitrogens is 1. The Bertz CT molecular complexity index is 1400. The standard InChI is InChI=1S/C35H45N3O2S2/c1-35(29-8-4-3-5-9-29,34-10-6-7-28(34)26-41-2)30-17-21-37(22-18-30)23-27-24-38(25-27)31-11-13-32(14-12-31)42(39,40)33-15-19-36-20-16-33/h3-5,8-9,11-16,19-20,27-28,30,34H,6-7,10,17-18,21-26H2,1-2H3/t28-,34+,35?/m0/s1. The zero-order valence-electron chi connectivity index (χ0n) is 25.1. The van der Waals surface area contributed by atoms with Crippen LogP contribution in [0.4, 0.5) is 5.69 Å². The van der Waals surface area contributed by atoms with Crippen molar-refractivity contribution < 1.29 is 8.42 Å². The van der Waals surface area contributed by atoms with Crippen LogP contribution in [0.2, 0.25) is 0 Å². The number of nitrogens with zero attached hydrogens (tertiary/aromatic N) is 3. The predicted molar refractivity (Wildman–Crippen MR) is 174 cm³/mol. The molecule has 224 valence electrons. The maximum absolute atomic E-state index is 12.9. The van der Waals surface area contributed by atoms with Gasteiger partial charge in [0.2, 0.25) is 9.84 Å². The van der Waals surface area contributed by atoms with Gasteiger partial charge in [0.05, 0.1) is 9.79 Å². The van der Waals surface area contributed by atoms with E-state index in [1.54, 1.807) is 29.8 Å². The summed E-state index contributed by atoms with van der Waals surface area (Å²) in [5.74, 6) is 4.34. The second-order valence-electron chi connectivity index (χ2n) is 12.9. The average Bonchev–Trinajstić information content (AvgIpc) is 3.49. The first kappa shape index (κ1) is 29.7.